The maximum Gasteiger partial charge on any atom is 0.186 e. The average Bonchev–Trinajstić information content (AvgIpc) is 2.78. The Morgan fingerprint density at radius 1 is 0.864 bits per heavy atom. The molecule has 0 saturated carbocycles. The summed E-state index contributed by atoms with van der Waals surface area (Å²) >= 11 is 0. The zero-order valence-electron chi connectivity index (χ0n) is 12.5. The van der Waals surface area contributed by atoms with Gasteiger partial charge in [0, 0.05) is 0 Å². The first kappa shape index (κ1) is 18.0. The number of rotatable bonds is 5. The van der Waals surface area contributed by atoms with Crippen molar-refractivity contribution in [1.29, 1.82) is 0 Å². The summed E-state index contributed by atoms with van der Waals surface area (Å²) in [5.74, 6) is -0.864. The average molecular weight is 324 g/mol. The second kappa shape index (κ2) is 7.04. The van der Waals surface area contributed by atoms with Gasteiger partial charge in [-0.2, -0.15) is 0 Å². The highest BCUT2D eigenvalue weighted by Gasteiger charge is 2.46. The van der Waals surface area contributed by atoms with Crippen molar-refractivity contribution < 1.29 is 44.5 Å². The van der Waals surface area contributed by atoms with E-state index in [4.69, 9.17) is 24.1 Å². The fourth-order valence-electron chi connectivity index (χ4n) is 2.60. The van der Waals surface area contributed by atoms with E-state index in [1.165, 1.54) is 0 Å². The van der Waals surface area contributed by atoms with Crippen LogP contribution in [0.1, 0.15) is 13.8 Å². The Morgan fingerprint density at radius 2 is 1.45 bits per heavy atom. The number of hydrogen-bond acceptors (Lipinski definition) is 9. The summed E-state index contributed by atoms with van der Waals surface area (Å²) in [7, 11) is 0. The molecule has 9 nitrogen and oxygen atoms in total. The molecule has 22 heavy (non-hydrogen) atoms. The minimum absolute atomic E-state index is 0.0582. The molecule has 0 aliphatic carbocycles. The Kier molecular flexibility index (Phi) is 5.75. The van der Waals surface area contributed by atoms with Gasteiger partial charge in [-0.25, -0.2) is 0 Å². The van der Waals surface area contributed by atoms with Crippen LogP contribution < -0.4 is 0 Å². The maximum atomic E-state index is 9.86. The van der Waals surface area contributed by atoms with Crippen LogP contribution in [0.4, 0.5) is 0 Å². The topological polar surface area (TPSA) is 138 Å². The molecule has 0 radical (unpaired) electrons. The second-order valence-corrected chi connectivity index (χ2v) is 5.93. The third-order valence-corrected chi connectivity index (χ3v) is 3.74. The minimum atomic E-state index is -1.50. The maximum absolute atomic E-state index is 9.86. The van der Waals surface area contributed by atoms with Crippen LogP contribution in [-0.4, -0.2) is 94.1 Å². The molecule has 2 heterocycles. The van der Waals surface area contributed by atoms with Gasteiger partial charge in [-0.05, 0) is 13.8 Å². The second-order valence-electron chi connectivity index (χ2n) is 5.93. The van der Waals surface area contributed by atoms with E-state index in [0.29, 0.717) is 0 Å². The summed E-state index contributed by atoms with van der Waals surface area (Å²) in [6, 6.07) is 0. The van der Waals surface area contributed by atoms with Crippen molar-refractivity contribution in [3.8, 4) is 0 Å². The van der Waals surface area contributed by atoms with E-state index in [1.807, 2.05) is 0 Å². The number of aliphatic hydroxyl groups excluding tert-OH is 5. The van der Waals surface area contributed by atoms with Gasteiger partial charge in [-0.1, -0.05) is 0 Å². The standard InChI is InChI=1S/C13H24O9/c1-13(2)21-6(3-14)8(22-13)5-19-12-11(18)10(17)9(16)7(4-15)20-12/h6-12,14-18H,3-5H2,1-2H3/t6-,7-,8-,9-,10+,11-,12-/m1/s1. The van der Waals surface area contributed by atoms with Gasteiger partial charge >= 0.3 is 0 Å². The molecule has 7 atom stereocenters. The van der Waals surface area contributed by atoms with Crippen LogP contribution in [0.15, 0.2) is 0 Å². The molecule has 2 saturated heterocycles. The third kappa shape index (κ3) is 3.75. The summed E-state index contributed by atoms with van der Waals surface area (Å²) in [6.07, 6.45) is -7.83. The molecule has 0 aromatic rings. The lowest BCUT2D eigenvalue weighted by molar-refractivity contribution is -0.305. The van der Waals surface area contributed by atoms with Crippen molar-refractivity contribution in [3.05, 3.63) is 0 Å². The normalized spacial score (nSPS) is 45.1. The Morgan fingerprint density at radius 3 is 2.05 bits per heavy atom. The largest absolute Gasteiger partial charge is 0.394 e. The van der Waals surface area contributed by atoms with E-state index in [-0.39, 0.29) is 13.2 Å². The van der Waals surface area contributed by atoms with E-state index in [2.05, 4.69) is 0 Å². The fourth-order valence-corrected chi connectivity index (χ4v) is 2.60. The van der Waals surface area contributed by atoms with Crippen LogP contribution in [0.2, 0.25) is 0 Å². The zero-order chi connectivity index (χ0) is 16.5. The quantitative estimate of drug-likeness (QED) is 0.366. The summed E-state index contributed by atoms with van der Waals surface area (Å²) in [6.45, 7) is 2.55. The molecule has 5 N–H and O–H groups in total. The van der Waals surface area contributed by atoms with Crippen LogP contribution in [0.25, 0.3) is 0 Å². The molecule has 0 aromatic heterocycles. The number of aliphatic hydroxyl groups is 5. The predicted octanol–water partition coefficient (Wildman–Crippen LogP) is -2.68. The van der Waals surface area contributed by atoms with E-state index >= 15 is 0 Å². The summed E-state index contributed by atoms with van der Waals surface area (Å²) in [5, 5.41) is 47.6. The van der Waals surface area contributed by atoms with Crippen molar-refractivity contribution in [2.24, 2.45) is 0 Å². The van der Waals surface area contributed by atoms with Gasteiger partial charge in [0.1, 0.15) is 36.6 Å². The summed E-state index contributed by atoms with van der Waals surface area (Å²) in [4.78, 5) is 0. The Hall–Kier alpha value is -0.360. The lowest BCUT2D eigenvalue weighted by Gasteiger charge is -2.39. The first-order valence-corrected chi connectivity index (χ1v) is 7.17. The molecule has 0 aromatic carbocycles. The molecule has 0 amide bonds. The molecule has 2 fully saturated rings. The lowest BCUT2D eigenvalue weighted by Crippen LogP contribution is -2.59. The molecular formula is C13H24O9. The van der Waals surface area contributed by atoms with Gasteiger partial charge in [0.2, 0.25) is 0 Å². The highest BCUT2D eigenvalue weighted by Crippen LogP contribution is 2.29. The highest BCUT2D eigenvalue weighted by atomic mass is 16.8. The van der Waals surface area contributed by atoms with Crippen molar-refractivity contribution >= 4 is 0 Å². The monoisotopic (exact) mass is 324 g/mol. The van der Waals surface area contributed by atoms with Crippen molar-refractivity contribution in [2.45, 2.75) is 62.5 Å². The van der Waals surface area contributed by atoms with Gasteiger partial charge in [-0.15, -0.1) is 0 Å². The molecule has 0 bridgehead atoms. The van der Waals surface area contributed by atoms with Gasteiger partial charge in [0.05, 0.1) is 19.8 Å². The van der Waals surface area contributed by atoms with E-state index < -0.39 is 55.3 Å². The smallest absolute Gasteiger partial charge is 0.186 e. The molecule has 2 rings (SSSR count). The minimum Gasteiger partial charge on any atom is -0.394 e. The first-order valence-electron chi connectivity index (χ1n) is 7.17. The SMILES string of the molecule is CC1(C)O[C@H](CO)[C@@H](CO[C@@H]2O[C@H](CO)[C@@H](O)[C@H](O)[C@H]2O)O1. The highest BCUT2D eigenvalue weighted by molar-refractivity contribution is 4.89. The Balaban J connectivity index is 1.93. The fraction of sp³-hybridized carbons (Fsp3) is 1.00. The van der Waals surface area contributed by atoms with Crippen molar-refractivity contribution in [3.63, 3.8) is 0 Å². The summed E-state index contributed by atoms with van der Waals surface area (Å²) < 4.78 is 21.7. The predicted molar refractivity (Wildman–Crippen MR) is 70.6 cm³/mol. The number of ether oxygens (including phenoxy) is 4. The van der Waals surface area contributed by atoms with Crippen LogP contribution in [0, 0.1) is 0 Å². The first-order chi connectivity index (χ1) is 10.3. The molecule has 2 aliphatic heterocycles. The van der Waals surface area contributed by atoms with Gasteiger partial charge in [0.25, 0.3) is 0 Å². The van der Waals surface area contributed by atoms with E-state index in [1.54, 1.807) is 13.8 Å². The van der Waals surface area contributed by atoms with Crippen LogP contribution in [0.3, 0.4) is 0 Å². The molecular weight excluding hydrogens is 300 g/mol. The molecule has 0 unspecified atom stereocenters. The van der Waals surface area contributed by atoms with Crippen LogP contribution in [-0.2, 0) is 18.9 Å². The van der Waals surface area contributed by atoms with Crippen LogP contribution in [0.5, 0.6) is 0 Å². The summed E-state index contributed by atoms with van der Waals surface area (Å²) in [5.41, 5.74) is 0. The zero-order valence-corrected chi connectivity index (χ0v) is 12.5. The molecule has 2 aliphatic rings. The molecule has 9 heteroatoms. The molecule has 0 spiro atoms. The third-order valence-electron chi connectivity index (χ3n) is 3.74. The van der Waals surface area contributed by atoms with Gasteiger partial charge in [0.15, 0.2) is 12.1 Å². The molecule has 130 valence electrons. The Bertz CT molecular complexity index is 361. The van der Waals surface area contributed by atoms with E-state index in [0.717, 1.165) is 0 Å². The van der Waals surface area contributed by atoms with Crippen molar-refractivity contribution in [2.75, 3.05) is 19.8 Å². The van der Waals surface area contributed by atoms with Gasteiger partial charge in [-0.3, -0.25) is 0 Å². The lowest BCUT2D eigenvalue weighted by atomic mass is 9.99. The van der Waals surface area contributed by atoms with Crippen molar-refractivity contribution in [1.82, 2.24) is 0 Å². The van der Waals surface area contributed by atoms with E-state index in [9.17, 15) is 20.4 Å². The number of hydrogen-bond donors (Lipinski definition) is 5. The van der Waals surface area contributed by atoms with Gasteiger partial charge < -0.3 is 44.5 Å². The van der Waals surface area contributed by atoms with Crippen LogP contribution >= 0.6 is 0 Å². The Labute approximate surface area is 128 Å².